The molecule has 2 aromatic rings. The topological polar surface area (TPSA) is 76.3 Å². The lowest BCUT2D eigenvalue weighted by molar-refractivity contribution is 0.337. The largest absolute Gasteiger partial charge is 0.496 e. The Morgan fingerprint density at radius 2 is 1.93 bits per heavy atom. The minimum atomic E-state index is 0.370. The molecule has 0 aliphatic heterocycles. The molecular weight excluding hydrogens is 418 g/mol. The molecule has 0 atom stereocenters. The van der Waals surface area contributed by atoms with Gasteiger partial charge in [-0.1, -0.05) is 6.07 Å². The summed E-state index contributed by atoms with van der Waals surface area (Å²) in [4.78, 5) is 11.0. The standard InChI is InChI=1S/C21H30BrN5O/c1-13-19(25-21(23)26-20(13)27(2)3)15-6-8-16(9-7-15)24-12-14-5-10-18(28-4)17(22)11-14/h5,10-11,15-16,24H,6-9,12H2,1-4H3,(H2,23,25,26). The number of rotatable bonds is 6. The molecule has 28 heavy (non-hydrogen) atoms. The zero-order chi connectivity index (χ0) is 20.3. The van der Waals surface area contributed by atoms with E-state index in [0.717, 1.165) is 59.5 Å². The van der Waals surface area contributed by atoms with Crippen molar-refractivity contribution in [2.24, 2.45) is 0 Å². The molecule has 0 saturated heterocycles. The van der Waals surface area contributed by atoms with E-state index in [1.54, 1.807) is 7.11 Å². The van der Waals surface area contributed by atoms with Gasteiger partial charge in [0.05, 0.1) is 17.3 Å². The third-order valence-electron chi connectivity index (χ3n) is 5.52. The number of halogens is 1. The van der Waals surface area contributed by atoms with Gasteiger partial charge in [-0.25, -0.2) is 4.98 Å². The Hall–Kier alpha value is -1.86. The number of hydrogen-bond acceptors (Lipinski definition) is 6. The first-order chi connectivity index (χ1) is 13.4. The van der Waals surface area contributed by atoms with Crippen molar-refractivity contribution in [1.29, 1.82) is 0 Å². The normalized spacial score (nSPS) is 19.5. The molecule has 0 unspecified atom stereocenters. The lowest BCUT2D eigenvalue weighted by atomic mass is 9.82. The molecule has 1 heterocycles. The summed E-state index contributed by atoms with van der Waals surface area (Å²) in [6.07, 6.45) is 4.52. The van der Waals surface area contributed by atoms with E-state index in [1.165, 1.54) is 5.56 Å². The predicted molar refractivity (Wildman–Crippen MR) is 118 cm³/mol. The van der Waals surface area contributed by atoms with Crippen LogP contribution in [0.25, 0.3) is 0 Å². The van der Waals surface area contributed by atoms with E-state index < -0.39 is 0 Å². The highest BCUT2D eigenvalue weighted by molar-refractivity contribution is 9.10. The van der Waals surface area contributed by atoms with Gasteiger partial charge in [0.15, 0.2) is 0 Å². The maximum absolute atomic E-state index is 5.97. The van der Waals surface area contributed by atoms with Crippen molar-refractivity contribution in [3.63, 3.8) is 0 Å². The van der Waals surface area contributed by atoms with Crippen LogP contribution in [-0.4, -0.2) is 37.2 Å². The van der Waals surface area contributed by atoms with Crippen LogP contribution in [-0.2, 0) is 6.54 Å². The van der Waals surface area contributed by atoms with E-state index in [9.17, 15) is 0 Å². The van der Waals surface area contributed by atoms with Gasteiger partial charge in [-0.2, -0.15) is 4.98 Å². The van der Waals surface area contributed by atoms with Crippen LogP contribution in [0.1, 0.15) is 48.4 Å². The van der Waals surface area contributed by atoms with Gasteiger partial charge in [0.1, 0.15) is 11.6 Å². The maximum Gasteiger partial charge on any atom is 0.222 e. The summed E-state index contributed by atoms with van der Waals surface area (Å²) in [5.41, 5.74) is 9.50. The zero-order valence-corrected chi connectivity index (χ0v) is 18.7. The Bertz CT molecular complexity index is 819. The average molecular weight is 448 g/mol. The molecule has 6 nitrogen and oxygen atoms in total. The Morgan fingerprint density at radius 3 is 2.54 bits per heavy atom. The van der Waals surface area contributed by atoms with E-state index in [4.69, 9.17) is 10.5 Å². The van der Waals surface area contributed by atoms with Gasteiger partial charge in [-0.15, -0.1) is 0 Å². The molecular formula is C21H30BrN5O. The second-order valence-electron chi connectivity index (χ2n) is 7.71. The number of aromatic nitrogens is 2. The minimum Gasteiger partial charge on any atom is -0.496 e. The van der Waals surface area contributed by atoms with Crippen LogP contribution in [0.15, 0.2) is 22.7 Å². The van der Waals surface area contributed by atoms with E-state index in [0.29, 0.717) is 17.9 Å². The summed E-state index contributed by atoms with van der Waals surface area (Å²) in [6, 6.07) is 6.76. The molecule has 1 aliphatic rings. The van der Waals surface area contributed by atoms with Crippen LogP contribution in [0.3, 0.4) is 0 Å². The minimum absolute atomic E-state index is 0.370. The lowest BCUT2D eigenvalue weighted by Crippen LogP contribution is -2.32. The number of nitrogens with one attached hydrogen (secondary N) is 1. The molecule has 3 rings (SSSR count). The molecule has 1 aromatic heterocycles. The van der Waals surface area contributed by atoms with Gasteiger partial charge < -0.3 is 20.7 Å². The van der Waals surface area contributed by atoms with Crippen molar-refractivity contribution in [3.8, 4) is 5.75 Å². The van der Waals surface area contributed by atoms with Crippen molar-refractivity contribution < 1.29 is 4.74 Å². The number of anilines is 2. The molecule has 0 spiro atoms. The summed E-state index contributed by atoms with van der Waals surface area (Å²) >= 11 is 3.56. The third kappa shape index (κ3) is 4.75. The maximum atomic E-state index is 5.97. The quantitative estimate of drug-likeness (QED) is 0.695. The van der Waals surface area contributed by atoms with Crippen LogP contribution >= 0.6 is 15.9 Å². The van der Waals surface area contributed by atoms with Gasteiger partial charge in [-0.3, -0.25) is 0 Å². The Labute approximate surface area is 176 Å². The lowest BCUT2D eigenvalue weighted by Gasteiger charge is -2.30. The summed E-state index contributed by atoms with van der Waals surface area (Å²) in [5, 5.41) is 3.70. The predicted octanol–water partition coefficient (Wildman–Crippen LogP) is 4.02. The number of benzene rings is 1. The van der Waals surface area contributed by atoms with Crippen molar-refractivity contribution in [2.45, 2.75) is 51.1 Å². The second kappa shape index (κ2) is 9.09. The number of hydrogen-bond donors (Lipinski definition) is 2. The summed E-state index contributed by atoms with van der Waals surface area (Å²) in [5.74, 6) is 2.61. The molecule has 1 aliphatic carbocycles. The third-order valence-corrected chi connectivity index (χ3v) is 6.14. The highest BCUT2D eigenvalue weighted by Gasteiger charge is 2.26. The van der Waals surface area contributed by atoms with E-state index >= 15 is 0 Å². The van der Waals surface area contributed by atoms with Gasteiger partial charge in [0.2, 0.25) is 5.95 Å². The van der Waals surface area contributed by atoms with Crippen LogP contribution in [0.2, 0.25) is 0 Å². The first-order valence-electron chi connectivity index (χ1n) is 9.76. The van der Waals surface area contributed by atoms with Crippen molar-refractivity contribution >= 4 is 27.7 Å². The van der Waals surface area contributed by atoms with Crippen molar-refractivity contribution in [1.82, 2.24) is 15.3 Å². The fourth-order valence-corrected chi connectivity index (χ4v) is 4.61. The number of nitrogens with zero attached hydrogens (tertiary/aromatic N) is 3. The fourth-order valence-electron chi connectivity index (χ4n) is 4.03. The second-order valence-corrected chi connectivity index (χ2v) is 8.56. The molecule has 0 bridgehead atoms. The Balaban J connectivity index is 1.58. The van der Waals surface area contributed by atoms with Crippen LogP contribution < -0.4 is 20.7 Å². The van der Waals surface area contributed by atoms with E-state index in [1.807, 2.05) is 25.1 Å². The van der Waals surface area contributed by atoms with Crippen LogP contribution in [0, 0.1) is 6.92 Å². The van der Waals surface area contributed by atoms with E-state index in [-0.39, 0.29) is 0 Å². The van der Waals surface area contributed by atoms with Gasteiger partial charge in [0.25, 0.3) is 0 Å². The molecule has 1 fully saturated rings. The number of nitrogens with two attached hydrogens (primary N) is 1. The number of methoxy groups -OCH3 is 1. The first kappa shape index (κ1) is 20.9. The van der Waals surface area contributed by atoms with Gasteiger partial charge in [-0.05, 0) is 66.2 Å². The first-order valence-corrected chi connectivity index (χ1v) is 10.6. The zero-order valence-electron chi connectivity index (χ0n) is 17.1. The van der Waals surface area contributed by atoms with Gasteiger partial charge >= 0.3 is 0 Å². The Kier molecular flexibility index (Phi) is 6.78. The molecule has 3 N–H and O–H groups in total. The summed E-state index contributed by atoms with van der Waals surface area (Å²) in [7, 11) is 5.68. The van der Waals surface area contributed by atoms with Crippen LogP contribution in [0.4, 0.5) is 11.8 Å². The smallest absolute Gasteiger partial charge is 0.222 e. The molecule has 0 radical (unpaired) electrons. The number of nitrogen functional groups attached to an aromatic ring is 1. The Morgan fingerprint density at radius 1 is 1.21 bits per heavy atom. The fraction of sp³-hybridized carbons (Fsp3) is 0.524. The van der Waals surface area contributed by atoms with Crippen LogP contribution in [0.5, 0.6) is 5.75 Å². The SMILES string of the molecule is COc1ccc(CNC2CCC(c3nc(N)nc(N(C)C)c3C)CC2)cc1Br. The van der Waals surface area contributed by atoms with Crippen molar-refractivity contribution in [3.05, 3.63) is 39.5 Å². The number of ether oxygens (including phenoxy) is 1. The highest BCUT2D eigenvalue weighted by Crippen LogP contribution is 2.36. The van der Waals surface area contributed by atoms with Gasteiger partial charge in [0, 0.05) is 38.2 Å². The molecule has 0 amide bonds. The average Bonchev–Trinajstić information content (AvgIpc) is 2.68. The van der Waals surface area contributed by atoms with E-state index in [2.05, 4.69) is 50.3 Å². The summed E-state index contributed by atoms with van der Waals surface area (Å²) in [6.45, 7) is 2.97. The molecule has 7 heteroatoms. The molecule has 152 valence electrons. The summed E-state index contributed by atoms with van der Waals surface area (Å²) < 4.78 is 6.29. The monoisotopic (exact) mass is 447 g/mol. The van der Waals surface area contributed by atoms with Crippen molar-refractivity contribution in [2.75, 3.05) is 31.8 Å². The highest BCUT2D eigenvalue weighted by atomic mass is 79.9. The molecule has 1 aromatic carbocycles. The molecule has 1 saturated carbocycles.